The van der Waals surface area contributed by atoms with Crippen molar-refractivity contribution in [3.63, 3.8) is 0 Å². The Bertz CT molecular complexity index is 658. The summed E-state index contributed by atoms with van der Waals surface area (Å²) < 4.78 is 0. The van der Waals surface area contributed by atoms with E-state index in [0.29, 0.717) is 12.1 Å². The van der Waals surface area contributed by atoms with Gasteiger partial charge < -0.3 is 10.2 Å². The van der Waals surface area contributed by atoms with Crippen LogP contribution in [0.1, 0.15) is 40.2 Å². The topological polar surface area (TPSA) is 61.0 Å². The Morgan fingerprint density at radius 3 is 2.96 bits per heavy atom. The molecule has 1 fully saturated rings. The van der Waals surface area contributed by atoms with Crippen LogP contribution in [0.5, 0.6) is 0 Å². The molecule has 1 amide bonds. The van der Waals surface area contributed by atoms with Crippen LogP contribution in [-0.2, 0) is 12.8 Å². The van der Waals surface area contributed by atoms with Crippen LogP contribution >= 0.6 is 11.3 Å². The molecule has 23 heavy (non-hydrogen) atoms. The first-order valence-electron chi connectivity index (χ1n) is 8.39. The SMILES string of the molecule is O=C(c1cccs1)N1CCC(N[C@H]2CCc3cn[nH]c3C2)CC1. The van der Waals surface area contributed by atoms with Crippen molar-refractivity contribution in [2.45, 2.75) is 44.2 Å². The number of carbonyl (C=O) groups excluding carboxylic acids is 1. The Balaban J connectivity index is 1.28. The number of carbonyl (C=O) groups is 1. The van der Waals surface area contributed by atoms with Crippen molar-refractivity contribution >= 4 is 17.2 Å². The summed E-state index contributed by atoms with van der Waals surface area (Å²) in [7, 11) is 0. The summed E-state index contributed by atoms with van der Waals surface area (Å²) in [4.78, 5) is 15.2. The second-order valence-electron chi connectivity index (χ2n) is 6.52. The van der Waals surface area contributed by atoms with Gasteiger partial charge in [-0.2, -0.15) is 5.10 Å². The van der Waals surface area contributed by atoms with Crippen LogP contribution in [0.3, 0.4) is 0 Å². The standard InChI is InChI=1S/C17H22N4OS/c22-17(16-2-1-9-23-16)21-7-5-13(6-8-21)19-14-4-3-12-11-18-20-15(12)10-14/h1-2,9,11,13-14,19H,3-8,10H2,(H,18,20)/t14-/m0/s1. The van der Waals surface area contributed by atoms with E-state index in [-0.39, 0.29) is 5.91 Å². The quantitative estimate of drug-likeness (QED) is 0.907. The van der Waals surface area contributed by atoms with Crippen molar-refractivity contribution in [1.29, 1.82) is 0 Å². The van der Waals surface area contributed by atoms with Gasteiger partial charge in [0.05, 0.1) is 11.1 Å². The third-order valence-corrected chi connectivity index (χ3v) is 5.86. The van der Waals surface area contributed by atoms with Crippen LogP contribution in [0, 0.1) is 0 Å². The van der Waals surface area contributed by atoms with E-state index in [0.717, 1.165) is 43.6 Å². The summed E-state index contributed by atoms with van der Waals surface area (Å²) >= 11 is 1.53. The van der Waals surface area contributed by atoms with E-state index in [1.165, 1.54) is 29.0 Å². The minimum atomic E-state index is 0.193. The number of H-pyrrole nitrogens is 1. The Kier molecular flexibility index (Phi) is 4.18. The summed E-state index contributed by atoms with van der Waals surface area (Å²) in [5.74, 6) is 0.193. The predicted molar refractivity (Wildman–Crippen MR) is 90.8 cm³/mol. The Hall–Kier alpha value is -1.66. The zero-order valence-corrected chi connectivity index (χ0v) is 13.9. The molecule has 5 nitrogen and oxygen atoms in total. The first kappa shape index (κ1) is 14.9. The molecule has 1 atom stereocenters. The zero-order chi connectivity index (χ0) is 15.6. The highest BCUT2D eigenvalue weighted by molar-refractivity contribution is 7.12. The molecule has 1 aliphatic heterocycles. The molecule has 4 rings (SSSR count). The van der Waals surface area contributed by atoms with E-state index in [1.807, 2.05) is 28.6 Å². The van der Waals surface area contributed by atoms with E-state index in [9.17, 15) is 4.79 Å². The molecular weight excluding hydrogens is 308 g/mol. The number of aryl methyl sites for hydroxylation is 1. The van der Waals surface area contributed by atoms with Crippen molar-refractivity contribution in [3.8, 4) is 0 Å². The fraction of sp³-hybridized carbons (Fsp3) is 0.529. The minimum absolute atomic E-state index is 0.193. The number of piperidine rings is 1. The maximum absolute atomic E-state index is 12.4. The molecule has 0 spiro atoms. The van der Waals surface area contributed by atoms with Gasteiger partial charge in [-0.05, 0) is 42.7 Å². The molecular formula is C17H22N4OS. The van der Waals surface area contributed by atoms with Gasteiger partial charge in [-0.25, -0.2) is 0 Å². The fourth-order valence-corrected chi connectivity index (χ4v) is 4.38. The van der Waals surface area contributed by atoms with Crippen molar-refractivity contribution in [2.24, 2.45) is 0 Å². The Morgan fingerprint density at radius 1 is 1.30 bits per heavy atom. The zero-order valence-electron chi connectivity index (χ0n) is 13.1. The van der Waals surface area contributed by atoms with Crippen LogP contribution in [0.15, 0.2) is 23.7 Å². The van der Waals surface area contributed by atoms with Crippen LogP contribution < -0.4 is 5.32 Å². The summed E-state index contributed by atoms with van der Waals surface area (Å²) in [6.07, 6.45) is 7.39. The number of nitrogens with one attached hydrogen (secondary N) is 2. The molecule has 122 valence electrons. The molecule has 1 saturated heterocycles. The molecule has 2 aromatic rings. The van der Waals surface area contributed by atoms with Gasteiger partial charge >= 0.3 is 0 Å². The number of aromatic amines is 1. The fourth-order valence-electron chi connectivity index (χ4n) is 3.69. The van der Waals surface area contributed by atoms with Gasteiger partial charge in [0.15, 0.2) is 0 Å². The number of thiophene rings is 1. The Morgan fingerprint density at radius 2 is 2.17 bits per heavy atom. The molecule has 2 aliphatic rings. The highest BCUT2D eigenvalue weighted by Gasteiger charge is 2.27. The lowest BCUT2D eigenvalue weighted by atomic mass is 9.92. The van der Waals surface area contributed by atoms with E-state index in [2.05, 4.69) is 15.5 Å². The van der Waals surface area contributed by atoms with E-state index >= 15 is 0 Å². The number of nitrogens with zero attached hydrogens (tertiary/aromatic N) is 2. The molecule has 2 aromatic heterocycles. The smallest absolute Gasteiger partial charge is 0.263 e. The maximum Gasteiger partial charge on any atom is 0.263 e. The Labute approximate surface area is 140 Å². The van der Waals surface area contributed by atoms with Crippen molar-refractivity contribution in [2.75, 3.05) is 13.1 Å². The number of aromatic nitrogens is 2. The highest BCUT2D eigenvalue weighted by atomic mass is 32.1. The lowest BCUT2D eigenvalue weighted by Gasteiger charge is -2.35. The predicted octanol–water partition coefficient (Wildman–Crippen LogP) is 2.22. The molecule has 2 N–H and O–H groups in total. The largest absolute Gasteiger partial charge is 0.338 e. The molecule has 0 saturated carbocycles. The van der Waals surface area contributed by atoms with E-state index < -0.39 is 0 Å². The first-order chi connectivity index (χ1) is 11.3. The van der Waals surface area contributed by atoms with Crippen molar-refractivity contribution in [1.82, 2.24) is 20.4 Å². The molecule has 0 aromatic carbocycles. The minimum Gasteiger partial charge on any atom is -0.338 e. The summed E-state index contributed by atoms with van der Waals surface area (Å²) in [6.45, 7) is 1.72. The van der Waals surface area contributed by atoms with Gasteiger partial charge in [-0.3, -0.25) is 9.89 Å². The van der Waals surface area contributed by atoms with E-state index in [4.69, 9.17) is 0 Å². The number of hydrogen-bond donors (Lipinski definition) is 2. The number of amides is 1. The maximum atomic E-state index is 12.4. The highest BCUT2D eigenvalue weighted by Crippen LogP contribution is 2.22. The second-order valence-corrected chi connectivity index (χ2v) is 7.47. The molecule has 3 heterocycles. The van der Waals surface area contributed by atoms with Crippen molar-refractivity contribution in [3.05, 3.63) is 39.8 Å². The molecule has 0 radical (unpaired) electrons. The van der Waals surface area contributed by atoms with Crippen LogP contribution in [0.4, 0.5) is 0 Å². The molecule has 0 unspecified atom stereocenters. The number of fused-ring (bicyclic) bond motifs is 1. The monoisotopic (exact) mass is 330 g/mol. The van der Waals surface area contributed by atoms with Gasteiger partial charge in [0.2, 0.25) is 0 Å². The third kappa shape index (κ3) is 3.19. The summed E-state index contributed by atoms with van der Waals surface area (Å²) in [5, 5.41) is 13.0. The molecule has 0 bridgehead atoms. The molecule has 1 aliphatic carbocycles. The van der Waals surface area contributed by atoms with Crippen molar-refractivity contribution < 1.29 is 4.79 Å². The van der Waals surface area contributed by atoms with E-state index in [1.54, 1.807) is 0 Å². The first-order valence-corrected chi connectivity index (χ1v) is 9.27. The average Bonchev–Trinajstić information content (AvgIpc) is 3.26. The van der Waals surface area contributed by atoms with Gasteiger partial charge in [0, 0.05) is 37.3 Å². The van der Waals surface area contributed by atoms with Gasteiger partial charge in [-0.1, -0.05) is 6.07 Å². The third-order valence-electron chi connectivity index (χ3n) is 5.01. The lowest BCUT2D eigenvalue weighted by molar-refractivity contribution is 0.0706. The summed E-state index contributed by atoms with van der Waals surface area (Å²) in [6, 6.07) is 4.92. The lowest BCUT2D eigenvalue weighted by Crippen LogP contribution is -2.48. The van der Waals surface area contributed by atoms with Crippen LogP contribution in [0.25, 0.3) is 0 Å². The average molecular weight is 330 g/mol. The van der Waals surface area contributed by atoms with Gasteiger partial charge in [0.25, 0.3) is 5.91 Å². The number of likely N-dealkylation sites (tertiary alicyclic amines) is 1. The normalized spacial score (nSPS) is 22.1. The number of rotatable bonds is 3. The van der Waals surface area contributed by atoms with Crippen LogP contribution in [-0.4, -0.2) is 46.2 Å². The van der Waals surface area contributed by atoms with Gasteiger partial charge in [0.1, 0.15) is 0 Å². The van der Waals surface area contributed by atoms with Crippen LogP contribution in [0.2, 0.25) is 0 Å². The number of hydrogen-bond acceptors (Lipinski definition) is 4. The summed E-state index contributed by atoms with van der Waals surface area (Å²) in [5.41, 5.74) is 2.67. The molecule has 6 heteroatoms. The second kappa shape index (κ2) is 6.45. The van der Waals surface area contributed by atoms with Gasteiger partial charge in [-0.15, -0.1) is 11.3 Å².